The fraction of sp³-hybridized carbons (Fsp3) is 0.571. The van der Waals surface area contributed by atoms with Gasteiger partial charge in [0.25, 0.3) is 0 Å². The predicted octanol–water partition coefficient (Wildman–Crippen LogP) is 2.26. The largest absolute Gasteiger partial charge is 0.383 e. The minimum Gasteiger partial charge on any atom is -0.383 e. The molecule has 2 aromatic rings. The summed E-state index contributed by atoms with van der Waals surface area (Å²) in [5.41, 5.74) is 1.28. The van der Waals surface area contributed by atoms with Gasteiger partial charge in [-0.05, 0) is 26.3 Å². The molecule has 0 radical (unpaired) electrons. The Bertz CT molecular complexity index is 582. The molecule has 5 nitrogen and oxygen atoms in total. The van der Waals surface area contributed by atoms with Crippen LogP contribution in [-0.4, -0.2) is 43.3 Å². The molecule has 20 heavy (non-hydrogen) atoms. The standard InChI is InChI=1S/C14H22N4OS/c1-9-10(2)20-14-12(9)13(17-11(3)18-14)16-6-5-15-7-8-19-4/h15H,5-8H2,1-4H3,(H,16,17,18). The van der Waals surface area contributed by atoms with Crippen molar-refractivity contribution in [1.82, 2.24) is 15.3 Å². The quantitative estimate of drug-likeness (QED) is 0.767. The van der Waals surface area contributed by atoms with Gasteiger partial charge in [0.05, 0.1) is 12.0 Å². The SMILES string of the molecule is COCCNCCNc1nc(C)nc2sc(C)c(C)c12. The van der Waals surface area contributed by atoms with E-state index in [1.807, 2.05) is 6.92 Å². The molecule has 0 saturated heterocycles. The van der Waals surface area contributed by atoms with E-state index in [1.54, 1.807) is 18.4 Å². The van der Waals surface area contributed by atoms with Crippen LogP contribution in [0.1, 0.15) is 16.3 Å². The second kappa shape index (κ2) is 6.97. The summed E-state index contributed by atoms with van der Waals surface area (Å²) in [6, 6.07) is 0. The lowest BCUT2D eigenvalue weighted by molar-refractivity contribution is 0.200. The molecule has 2 aromatic heterocycles. The molecule has 0 bridgehead atoms. The highest BCUT2D eigenvalue weighted by molar-refractivity contribution is 7.18. The molecule has 2 N–H and O–H groups in total. The lowest BCUT2D eigenvalue weighted by Gasteiger charge is -2.09. The van der Waals surface area contributed by atoms with Gasteiger partial charge in [-0.15, -0.1) is 11.3 Å². The molecule has 0 aromatic carbocycles. The molecule has 0 atom stereocenters. The van der Waals surface area contributed by atoms with Crippen LogP contribution in [0.5, 0.6) is 0 Å². The van der Waals surface area contributed by atoms with Gasteiger partial charge in [0.15, 0.2) is 0 Å². The molecule has 0 spiro atoms. The van der Waals surface area contributed by atoms with Crippen molar-refractivity contribution in [3.05, 3.63) is 16.3 Å². The summed E-state index contributed by atoms with van der Waals surface area (Å²) in [4.78, 5) is 11.4. The maximum absolute atomic E-state index is 5.00. The van der Waals surface area contributed by atoms with Crippen molar-refractivity contribution >= 4 is 27.4 Å². The highest BCUT2D eigenvalue weighted by Crippen LogP contribution is 2.32. The summed E-state index contributed by atoms with van der Waals surface area (Å²) in [5, 5.41) is 7.88. The topological polar surface area (TPSA) is 59.1 Å². The number of thiophene rings is 1. The first-order chi connectivity index (χ1) is 9.63. The summed E-state index contributed by atoms with van der Waals surface area (Å²) in [7, 11) is 1.71. The maximum atomic E-state index is 5.00. The number of ether oxygens (including phenoxy) is 1. The lowest BCUT2D eigenvalue weighted by atomic mass is 10.2. The van der Waals surface area contributed by atoms with Crippen LogP contribution >= 0.6 is 11.3 Å². The van der Waals surface area contributed by atoms with Gasteiger partial charge >= 0.3 is 0 Å². The Morgan fingerprint density at radius 3 is 2.65 bits per heavy atom. The smallest absolute Gasteiger partial charge is 0.138 e. The highest BCUT2D eigenvalue weighted by atomic mass is 32.1. The Hall–Kier alpha value is -1.24. The summed E-state index contributed by atoms with van der Waals surface area (Å²) in [6.45, 7) is 9.53. The Morgan fingerprint density at radius 2 is 1.90 bits per heavy atom. The molecule has 0 unspecified atom stereocenters. The average Bonchev–Trinajstić information content (AvgIpc) is 2.68. The van der Waals surface area contributed by atoms with Crippen LogP contribution < -0.4 is 10.6 Å². The van der Waals surface area contributed by atoms with Crippen LogP contribution in [0.2, 0.25) is 0 Å². The van der Waals surface area contributed by atoms with Gasteiger partial charge in [-0.3, -0.25) is 0 Å². The number of aromatic nitrogens is 2. The van der Waals surface area contributed by atoms with Crippen molar-refractivity contribution in [3.63, 3.8) is 0 Å². The van der Waals surface area contributed by atoms with Gasteiger partial charge in [0.1, 0.15) is 16.5 Å². The number of anilines is 1. The highest BCUT2D eigenvalue weighted by Gasteiger charge is 2.12. The van der Waals surface area contributed by atoms with Crippen molar-refractivity contribution in [2.45, 2.75) is 20.8 Å². The van der Waals surface area contributed by atoms with Crippen LogP contribution in [0.25, 0.3) is 10.2 Å². The van der Waals surface area contributed by atoms with Crippen molar-refractivity contribution < 1.29 is 4.74 Å². The lowest BCUT2D eigenvalue weighted by Crippen LogP contribution is -2.25. The van der Waals surface area contributed by atoms with Crippen molar-refractivity contribution in [1.29, 1.82) is 0 Å². The summed E-state index contributed by atoms with van der Waals surface area (Å²) >= 11 is 1.73. The monoisotopic (exact) mass is 294 g/mol. The zero-order valence-electron chi connectivity index (χ0n) is 12.5. The van der Waals surface area contributed by atoms with Crippen LogP contribution in [0.3, 0.4) is 0 Å². The van der Waals surface area contributed by atoms with E-state index in [2.05, 4.69) is 34.4 Å². The summed E-state index contributed by atoms with van der Waals surface area (Å²) in [6.07, 6.45) is 0. The van der Waals surface area contributed by atoms with Gasteiger partial charge in [-0.25, -0.2) is 9.97 Å². The third-order valence-electron chi connectivity index (χ3n) is 3.22. The molecular formula is C14H22N4OS. The molecular weight excluding hydrogens is 272 g/mol. The number of hydrogen-bond donors (Lipinski definition) is 2. The van der Waals surface area contributed by atoms with Crippen molar-refractivity contribution in [3.8, 4) is 0 Å². The molecule has 110 valence electrons. The minimum atomic E-state index is 0.736. The number of fused-ring (bicyclic) bond motifs is 1. The van der Waals surface area contributed by atoms with E-state index >= 15 is 0 Å². The van der Waals surface area contributed by atoms with E-state index in [9.17, 15) is 0 Å². The van der Waals surface area contributed by atoms with Crippen molar-refractivity contribution in [2.24, 2.45) is 0 Å². The summed E-state index contributed by atoms with van der Waals surface area (Å²) in [5.74, 6) is 1.76. The number of rotatable bonds is 7. The summed E-state index contributed by atoms with van der Waals surface area (Å²) < 4.78 is 5.00. The third-order valence-corrected chi connectivity index (χ3v) is 4.32. The van der Waals surface area contributed by atoms with Gasteiger partial charge in [-0.1, -0.05) is 0 Å². The van der Waals surface area contributed by atoms with Crippen LogP contribution in [-0.2, 0) is 4.74 Å². The van der Waals surface area contributed by atoms with Gasteiger partial charge in [0.2, 0.25) is 0 Å². The third kappa shape index (κ3) is 3.45. The Balaban J connectivity index is 2.05. The number of methoxy groups -OCH3 is 1. The Morgan fingerprint density at radius 1 is 1.10 bits per heavy atom. The first kappa shape index (κ1) is 15.2. The van der Waals surface area contributed by atoms with E-state index in [1.165, 1.54) is 10.4 Å². The van der Waals surface area contributed by atoms with E-state index < -0.39 is 0 Å². The van der Waals surface area contributed by atoms with E-state index in [0.29, 0.717) is 0 Å². The predicted molar refractivity (Wildman–Crippen MR) is 84.9 cm³/mol. The zero-order chi connectivity index (χ0) is 14.5. The molecule has 0 saturated carbocycles. The minimum absolute atomic E-state index is 0.736. The van der Waals surface area contributed by atoms with E-state index in [4.69, 9.17) is 4.74 Å². The van der Waals surface area contributed by atoms with Gasteiger partial charge < -0.3 is 15.4 Å². The number of hydrogen-bond acceptors (Lipinski definition) is 6. The second-order valence-electron chi connectivity index (χ2n) is 4.75. The van der Waals surface area contributed by atoms with Gasteiger partial charge in [0, 0.05) is 31.6 Å². The molecule has 2 rings (SSSR count). The normalized spacial score (nSPS) is 11.2. The molecule has 2 heterocycles. The fourth-order valence-electron chi connectivity index (χ4n) is 2.05. The average molecular weight is 294 g/mol. The van der Waals surface area contributed by atoms with Crippen molar-refractivity contribution in [2.75, 3.05) is 38.7 Å². The first-order valence-corrected chi connectivity index (χ1v) is 7.63. The Labute approximate surface area is 123 Å². The number of nitrogens with zero attached hydrogens (tertiary/aromatic N) is 2. The maximum Gasteiger partial charge on any atom is 0.138 e. The molecule has 6 heteroatoms. The van der Waals surface area contributed by atoms with E-state index in [-0.39, 0.29) is 0 Å². The van der Waals surface area contributed by atoms with Crippen LogP contribution in [0.15, 0.2) is 0 Å². The van der Waals surface area contributed by atoms with Gasteiger partial charge in [-0.2, -0.15) is 0 Å². The molecule has 0 fully saturated rings. The Kier molecular flexibility index (Phi) is 5.28. The zero-order valence-corrected chi connectivity index (χ0v) is 13.4. The first-order valence-electron chi connectivity index (χ1n) is 6.81. The molecule has 0 aliphatic carbocycles. The molecule has 0 aliphatic heterocycles. The fourth-order valence-corrected chi connectivity index (χ4v) is 3.13. The van der Waals surface area contributed by atoms with Crippen LogP contribution in [0, 0.1) is 20.8 Å². The molecule has 0 aliphatic rings. The molecule has 0 amide bonds. The number of aryl methyl sites for hydroxylation is 3. The van der Waals surface area contributed by atoms with Crippen LogP contribution in [0.4, 0.5) is 5.82 Å². The van der Waals surface area contributed by atoms with E-state index in [0.717, 1.165) is 48.1 Å². The number of nitrogens with one attached hydrogen (secondary N) is 2. The second-order valence-corrected chi connectivity index (χ2v) is 5.96.